The fourth-order valence-corrected chi connectivity index (χ4v) is 3.92. The van der Waals surface area contributed by atoms with Crippen molar-refractivity contribution in [3.63, 3.8) is 0 Å². The fourth-order valence-electron chi connectivity index (χ4n) is 3.92. The maximum absolute atomic E-state index is 12.8. The van der Waals surface area contributed by atoms with E-state index in [2.05, 4.69) is 36.0 Å². The lowest BCUT2D eigenvalue weighted by Crippen LogP contribution is -2.34. The van der Waals surface area contributed by atoms with Crippen LogP contribution < -0.4 is 5.32 Å². The van der Waals surface area contributed by atoms with Crippen LogP contribution in [-0.4, -0.2) is 41.3 Å². The van der Waals surface area contributed by atoms with Crippen molar-refractivity contribution in [2.45, 2.75) is 45.1 Å². The second kappa shape index (κ2) is 7.65. The third-order valence-corrected chi connectivity index (χ3v) is 5.17. The number of anilines is 1. The van der Waals surface area contributed by atoms with E-state index in [0.29, 0.717) is 18.8 Å². The molecule has 0 aliphatic heterocycles. The van der Waals surface area contributed by atoms with E-state index >= 15 is 0 Å². The van der Waals surface area contributed by atoms with Crippen LogP contribution in [0.1, 0.15) is 38.5 Å². The first kappa shape index (κ1) is 17.3. The summed E-state index contributed by atoms with van der Waals surface area (Å²) in [5.74, 6) is 0.688. The summed E-state index contributed by atoms with van der Waals surface area (Å²) in [4.78, 5) is 17.0. The zero-order chi connectivity index (χ0) is 18.5. The maximum Gasteiger partial charge on any atom is 0.225 e. The number of carbonyl (C=O) groups excluding carboxylic acids is 1. The Morgan fingerprint density at radius 3 is 2.89 bits per heavy atom. The molecule has 1 aliphatic carbocycles. The van der Waals surface area contributed by atoms with E-state index in [4.69, 9.17) is 0 Å². The largest absolute Gasteiger partial charge is 0.326 e. The van der Waals surface area contributed by atoms with Gasteiger partial charge in [-0.1, -0.05) is 31.4 Å². The van der Waals surface area contributed by atoms with Gasteiger partial charge in [-0.25, -0.2) is 9.67 Å². The molecular formula is C18H22N8O. The lowest BCUT2D eigenvalue weighted by atomic mass is 9.71. The number of rotatable bonds is 6. The van der Waals surface area contributed by atoms with Gasteiger partial charge in [-0.3, -0.25) is 9.89 Å². The molecular weight excluding hydrogens is 344 g/mol. The molecule has 0 atom stereocenters. The average molecular weight is 366 g/mol. The molecule has 2 heterocycles. The third kappa shape index (κ3) is 4.18. The summed E-state index contributed by atoms with van der Waals surface area (Å²) in [6.07, 6.45) is 9.06. The molecule has 1 aromatic carbocycles. The summed E-state index contributed by atoms with van der Waals surface area (Å²) >= 11 is 0. The first-order chi connectivity index (χ1) is 13.2. The molecule has 1 saturated carbocycles. The van der Waals surface area contributed by atoms with Gasteiger partial charge in [-0.2, -0.15) is 5.10 Å². The minimum absolute atomic E-state index is 0.0136. The van der Waals surface area contributed by atoms with Gasteiger partial charge >= 0.3 is 0 Å². The summed E-state index contributed by atoms with van der Waals surface area (Å²) in [7, 11) is 0. The zero-order valence-corrected chi connectivity index (χ0v) is 15.0. The molecule has 1 fully saturated rings. The molecule has 9 nitrogen and oxygen atoms in total. The van der Waals surface area contributed by atoms with E-state index in [-0.39, 0.29) is 11.3 Å². The topological polar surface area (TPSA) is 114 Å². The second-order valence-electron chi connectivity index (χ2n) is 7.21. The van der Waals surface area contributed by atoms with E-state index in [9.17, 15) is 4.79 Å². The Kier molecular flexibility index (Phi) is 4.91. The molecule has 0 radical (unpaired) electrons. The highest BCUT2D eigenvalue weighted by Gasteiger charge is 2.35. The first-order valence-electron chi connectivity index (χ1n) is 9.19. The van der Waals surface area contributed by atoms with Crippen molar-refractivity contribution in [3.05, 3.63) is 36.9 Å². The van der Waals surface area contributed by atoms with Crippen molar-refractivity contribution in [1.29, 1.82) is 0 Å². The van der Waals surface area contributed by atoms with Crippen LogP contribution in [0.25, 0.3) is 11.4 Å². The van der Waals surface area contributed by atoms with Crippen molar-refractivity contribution < 1.29 is 4.79 Å². The molecule has 9 heteroatoms. The predicted molar refractivity (Wildman–Crippen MR) is 98.4 cm³/mol. The molecule has 2 aromatic heterocycles. The predicted octanol–water partition coefficient (Wildman–Crippen LogP) is 2.44. The van der Waals surface area contributed by atoms with Crippen LogP contribution >= 0.6 is 0 Å². The van der Waals surface area contributed by atoms with Crippen LogP contribution in [0, 0.1) is 5.41 Å². The lowest BCUT2D eigenvalue weighted by Gasteiger charge is -2.36. The SMILES string of the molecule is O=C(CC1(Cn2cnnn2)CCCCC1)Nc1cccc(-c2ncn[nH]2)c1. The van der Waals surface area contributed by atoms with Gasteiger partial charge in [0, 0.05) is 17.7 Å². The summed E-state index contributed by atoms with van der Waals surface area (Å²) in [5, 5.41) is 21.2. The van der Waals surface area contributed by atoms with Crippen molar-refractivity contribution in [1.82, 2.24) is 35.4 Å². The van der Waals surface area contributed by atoms with Gasteiger partial charge in [0.05, 0.1) is 6.54 Å². The highest BCUT2D eigenvalue weighted by molar-refractivity contribution is 5.91. The minimum atomic E-state index is -0.0970. The fraction of sp³-hybridized carbons (Fsp3) is 0.444. The smallest absolute Gasteiger partial charge is 0.225 e. The van der Waals surface area contributed by atoms with E-state index in [1.165, 1.54) is 12.7 Å². The van der Waals surface area contributed by atoms with Gasteiger partial charge in [0.15, 0.2) is 5.82 Å². The monoisotopic (exact) mass is 366 g/mol. The number of amides is 1. The van der Waals surface area contributed by atoms with Crippen LogP contribution in [0.15, 0.2) is 36.9 Å². The number of aromatic nitrogens is 7. The molecule has 1 aliphatic rings. The number of hydrogen-bond donors (Lipinski definition) is 2. The standard InChI is InChI=1S/C18H22N8O/c27-16(22-15-6-4-5-14(9-15)17-19-12-20-23-17)10-18(7-2-1-3-8-18)11-26-13-21-24-25-26/h4-6,9,12-13H,1-3,7-8,10-11H2,(H,22,27)(H,19,20,23). The summed E-state index contributed by atoms with van der Waals surface area (Å²) in [5.41, 5.74) is 1.54. The second-order valence-corrected chi connectivity index (χ2v) is 7.21. The molecule has 2 N–H and O–H groups in total. The van der Waals surface area contributed by atoms with Crippen molar-refractivity contribution in [3.8, 4) is 11.4 Å². The highest BCUT2D eigenvalue weighted by Crippen LogP contribution is 2.41. The summed E-state index contributed by atoms with van der Waals surface area (Å²) in [6.45, 7) is 0.672. The number of carbonyl (C=O) groups is 1. The molecule has 0 bridgehead atoms. The molecule has 0 saturated heterocycles. The summed E-state index contributed by atoms with van der Waals surface area (Å²) < 4.78 is 1.74. The van der Waals surface area contributed by atoms with Crippen LogP contribution in [0.4, 0.5) is 5.69 Å². The Balaban J connectivity index is 1.46. The zero-order valence-electron chi connectivity index (χ0n) is 15.0. The van der Waals surface area contributed by atoms with Gasteiger partial charge in [0.1, 0.15) is 12.7 Å². The Hall–Kier alpha value is -3.10. The number of aromatic amines is 1. The summed E-state index contributed by atoms with van der Waals surface area (Å²) in [6, 6.07) is 7.60. The van der Waals surface area contributed by atoms with Crippen LogP contribution in [0.5, 0.6) is 0 Å². The molecule has 0 spiro atoms. The maximum atomic E-state index is 12.8. The highest BCUT2D eigenvalue weighted by atomic mass is 16.1. The van der Waals surface area contributed by atoms with Crippen LogP contribution in [0.2, 0.25) is 0 Å². The number of nitrogens with one attached hydrogen (secondary N) is 2. The normalized spacial score (nSPS) is 16.1. The van der Waals surface area contributed by atoms with E-state index in [0.717, 1.165) is 36.9 Å². The van der Waals surface area contributed by atoms with Crippen LogP contribution in [-0.2, 0) is 11.3 Å². The van der Waals surface area contributed by atoms with Crippen LogP contribution in [0.3, 0.4) is 0 Å². The number of tetrazole rings is 1. The van der Waals surface area contributed by atoms with Gasteiger partial charge in [0.2, 0.25) is 5.91 Å². The first-order valence-corrected chi connectivity index (χ1v) is 9.19. The Morgan fingerprint density at radius 2 is 2.15 bits per heavy atom. The Bertz CT molecular complexity index is 869. The van der Waals surface area contributed by atoms with Gasteiger partial charge in [-0.05, 0) is 40.8 Å². The Morgan fingerprint density at radius 1 is 1.26 bits per heavy atom. The number of H-pyrrole nitrogens is 1. The van der Waals surface area contributed by atoms with Crippen molar-refractivity contribution in [2.24, 2.45) is 5.41 Å². The van der Waals surface area contributed by atoms with Crippen molar-refractivity contribution >= 4 is 11.6 Å². The van der Waals surface area contributed by atoms with E-state index in [1.54, 1.807) is 11.0 Å². The van der Waals surface area contributed by atoms with E-state index in [1.807, 2.05) is 24.3 Å². The van der Waals surface area contributed by atoms with Gasteiger partial charge in [-0.15, -0.1) is 5.10 Å². The lowest BCUT2D eigenvalue weighted by molar-refractivity contribution is -0.119. The number of hydrogen-bond acceptors (Lipinski definition) is 6. The minimum Gasteiger partial charge on any atom is -0.326 e. The van der Waals surface area contributed by atoms with E-state index < -0.39 is 0 Å². The average Bonchev–Trinajstić information content (AvgIpc) is 3.36. The molecule has 140 valence electrons. The molecule has 27 heavy (non-hydrogen) atoms. The third-order valence-electron chi connectivity index (χ3n) is 5.17. The van der Waals surface area contributed by atoms with Gasteiger partial charge in [0.25, 0.3) is 0 Å². The Labute approximate surface area is 156 Å². The molecule has 4 rings (SSSR count). The van der Waals surface area contributed by atoms with Gasteiger partial charge < -0.3 is 5.32 Å². The number of nitrogens with zero attached hydrogens (tertiary/aromatic N) is 6. The number of benzene rings is 1. The quantitative estimate of drug-likeness (QED) is 0.692. The van der Waals surface area contributed by atoms with Crippen molar-refractivity contribution in [2.75, 3.05) is 5.32 Å². The molecule has 1 amide bonds. The molecule has 0 unspecified atom stereocenters. The molecule has 3 aromatic rings.